The monoisotopic (exact) mass is 198 g/mol. The molecule has 2 heteroatoms. The molecular formula is C12H26N2. The Morgan fingerprint density at radius 3 is 2.36 bits per heavy atom. The van der Waals surface area contributed by atoms with Gasteiger partial charge in [0.05, 0.1) is 0 Å². The molecule has 1 saturated heterocycles. The molecule has 1 aliphatic rings. The lowest BCUT2D eigenvalue weighted by Gasteiger charge is -2.39. The first-order valence-electron chi connectivity index (χ1n) is 5.95. The third-order valence-corrected chi connectivity index (χ3v) is 3.73. The van der Waals surface area contributed by atoms with Gasteiger partial charge < -0.3 is 5.32 Å². The second-order valence-electron chi connectivity index (χ2n) is 5.30. The van der Waals surface area contributed by atoms with E-state index in [1.807, 2.05) is 0 Å². The molecule has 3 atom stereocenters. The summed E-state index contributed by atoms with van der Waals surface area (Å²) in [5.74, 6) is 1.58. The minimum Gasteiger partial charge on any atom is -0.315 e. The van der Waals surface area contributed by atoms with E-state index in [0.29, 0.717) is 6.04 Å². The highest BCUT2D eigenvalue weighted by Crippen LogP contribution is 2.18. The van der Waals surface area contributed by atoms with Gasteiger partial charge in [-0.1, -0.05) is 20.8 Å². The summed E-state index contributed by atoms with van der Waals surface area (Å²) in [5, 5.41) is 3.52. The number of rotatable bonds is 3. The van der Waals surface area contributed by atoms with Crippen LogP contribution in [0.15, 0.2) is 0 Å². The molecule has 14 heavy (non-hydrogen) atoms. The zero-order valence-electron chi connectivity index (χ0n) is 10.4. The summed E-state index contributed by atoms with van der Waals surface area (Å²) < 4.78 is 0. The summed E-state index contributed by atoms with van der Waals surface area (Å²) in [5.41, 5.74) is 0. The Balaban J connectivity index is 2.46. The van der Waals surface area contributed by atoms with Gasteiger partial charge in [0.2, 0.25) is 0 Å². The number of likely N-dealkylation sites (N-methyl/N-ethyl adjacent to an activating group) is 1. The van der Waals surface area contributed by atoms with E-state index in [1.165, 1.54) is 13.0 Å². The molecule has 1 aliphatic heterocycles. The molecule has 0 aromatic rings. The summed E-state index contributed by atoms with van der Waals surface area (Å²) in [7, 11) is 2.27. The molecule has 0 bridgehead atoms. The Labute approximate surface area is 89.1 Å². The standard InChI is InChI=1S/C12H26N2/c1-9(2)11(4)14(5)12-6-10(3)7-13-8-12/h9-13H,6-8H2,1-5H3. The number of nitrogens with zero attached hydrogens (tertiary/aromatic N) is 1. The van der Waals surface area contributed by atoms with Crippen LogP contribution in [0.1, 0.15) is 34.1 Å². The molecule has 0 aromatic heterocycles. The fraction of sp³-hybridized carbons (Fsp3) is 1.00. The fourth-order valence-corrected chi connectivity index (χ4v) is 2.24. The van der Waals surface area contributed by atoms with Crippen molar-refractivity contribution in [1.82, 2.24) is 10.2 Å². The lowest BCUT2D eigenvalue weighted by molar-refractivity contribution is 0.112. The maximum atomic E-state index is 3.52. The van der Waals surface area contributed by atoms with Crippen LogP contribution in [0.4, 0.5) is 0 Å². The molecule has 0 radical (unpaired) electrons. The Kier molecular flexibility index (Phi) is 4.39. The highest BCUT2D eigenvalue weighted by molar-refractivity contribution is 4.83. The average molecular weight is 198 g/mol. The molecule has 1 rings (SSSR count). The van der Waals surface area contributed by atoms with Gasteiger partial charge in [-0.25, -0.2) is 0 Å². The third-order valence-electron chi connectivity index (χ3n) is 3.73. The van der Waals surface area contributed by atoms with Crippen molar-refractivity contribution in [3.8, 4) is 0 Å². The van der Waals surface area contributed by atoms with Crippen LogP contribution in [-0.4, -0.2) is 37.1 Å². The van der Waals surface area contributed by atoms with E-state index < -0.39 is 0 Å². The minimum absolute atomic E-state index is 0.687. The Hall–Kier alpha value is -0.0800. The van der Waals surface area contributed by atoms with Gasteiger partial charge in [-0.2, -0.15) is 0 Å². The highest BCUT2D eigenvalue weighted by Gasteiger charge is 2.25. The van der Waals surface area contributed by atoms with E-state index in [2.05, 4.69) is 45.0 Å². The van der Waals surface area contributed by atoms with Crippen LogP contribution in [0, 0.1) is 11.8 Å². The molecule has 0 amide bonds. The van der Waals surface area contributed by atoms with E-state index in [9.17, 15) is 0 Å². The first-order valence-corrected chi connectivity index (χ1v) is 5.95. The first-order chi connectivity index (χ1) is 6.52. The van der Waals surface area contributed by atoms with Crippen molar-refractivity contribution in [2.45, 2.75) is 46.2 Å². The topological polar surface area (TPSA) is 15.3 Å². The predicted octanol–water partition coefficient (Wildman–Crippen LogP) is 1.96. The first kappa shape index (κ1) is 12.0. The molecule has 0 aromatic carbocycles. The summed E-state index contributed by atoms with van der Waals surface area (Å²) in [6.45, 7) is 11.6. The van der Waals surface area contributed by atoms with Crippen molar-refractivity contribution in [2.75, 3.05) is 20.1 Å². The van der Waals surface area contributed by atoms with Gasteiger partial charge in [-0.05, 0) is 38.8 Å². The van der Waals surface area contributed by atoms with Crippen molar-refractivity contribution >= 4 is 0 Å². The lowest BCUT2D eigenvalue weighted by Crippen LogP contribution is -2.51. The van der Waals surface area contributed by atoms with Crippen LogP contribution in [-0.2, 0) is 0 Å². The molecule has 2 nitrogen and oxygen atoms in total. The van der Waals surface area contributed by atoms with Crippen LogP contribution >= 0.6 is 0 Å². The van der Waals surface area contributed by atoms with Gasteiger partial charge in [0.15, 0.2) is 0 Å². The van der Waals surface area contributed by atoms with Crippen LogP contribution < -0.4 is 5.32 Å². The van der Waals surface area contributed by atoms with Gasteiger partial charge >= 0.3 is 0 Å². The van der Waals surface area contributed by atoms with Gasteiger partial charge in [0, 0.05) is 18.6 Å². The molecule has 1 heterocycles. The van der Waals surface area contributed by atoms with Gasteiger partial charge in [0.1, 0.15) is 0 Å². The van der Waals surface area contributed by atoms with Crippen molar-refractivity contribution in [3.63, 3.8) is 0 Å². The van der Waals surface area contributed by atoms with Crippen molar-refractivity contribution in [1.29, 1.82) is 0 Å². The Morgan fingerprint density at radius 2 is 1.86 bits per heavy atom. The van der Waals surface area contributed by atoms with Crippen molar-refractivity contribution in [3.05, 3.63) is 0 Å². The molecule has 0 aliphatic carbocycles. The Morgan fingerprint density at radius 1 is 1.21 bits per heavy atom. The molecule has 0 spiro atoms. The van der Waals surface area contributed by atoms with E-state index in [1.54, 1.807) is 0 Å². The van der Waals surface area contributed by atoms with Gasteiger partial charge in [-0.3, -0.25) is 4.90 Å². The minimum atomic E-state index is 0.687. The third kappa shape index (κ3) is 2.96. The Bertz CT molecular complexity index is 168. The summed E-state index contributed by atoms with van der Waals surface area (Å²) in [6.07, 6.45) is 1.35. The van der Waals surface area contributed by atoms with E-state index >= 15 is 0 Å². The lowest BCUT2D eigenvalue weighted by atomic mass is 9.94. The number of nitrogens with one attached hydrogen (secondary N) is 1. The zero-order chi connectivity index (χ0) is 10.7. The molecule has 3 unspecified atom stereocenters. The van der Waals surface area contributed by atoms with Gasteiger partial charge in [-0.15, -0.1) is 0 Å². The molecule has 1 fully saturated rings. The second kappa shape index (κ2) is 5.13. The van der Waals surface area contributed by atoms with Crippen LogP contribution in [0.25, 0.3) is 0 Å². The normalized spacial score (nSPS) is 31.1. The van der Waals surface area contributed by atoms with E-state index in [-0.39, 0.29) is 0 Å². The molecule has 84 valence electrons. The molecule has 1 N–H and O–H groups in total. The fourth-order valence-electron chi connectivity index (χ4n) is 2.24. The maximum absolute atomic E-state index is 3.52. The average Bonchev–Trinajstić information content (AvgIpc) is 2.15. The smallest absolute Gasteiger partial charge is 0.0223 e. The summed E-state index contributed by atoms with van der Waals surface area (Å²) >= 11 is 0. The van der Waals surface area contributed by atoms with Crippen LogP contribution in [0.2, 0.25) is 0 Å². The number of hydrogen-bond acceptors (Lipinski definition) is 2. The summed E-state index contributed by atoms with van der Waals surface area (Å²) in [4.78, 5) is 2.55. The predicted molar refractivity (Wildman–Crippen MR) is 62.5 cm³/mol. The zero-order valence-corrected chi connectivity index (χ0v) is 10.4. The highest BCUT2D eigenvalue weighted by atomic mass is 15.2. The van der Waals surface area contributed by atoms with Gasteiger partial charge in [0.25, 0.3) is 0 Å². The SMILES string of the molecule is CC1CNCC(N(C)C(C)C(C)C)C1. The second-order valence-corrected chi connectivity index (χ2v) is 5.30. The van der Waals surface area contributed by atoms with E-state index in [4.69, 9.17) is 0 Å². The molecule has 0 saturated carbocycles. The number of hydrogen-bond donors (Lipinski definition) is 1. The molecular weight excluding hydrogens is 172 g/mol. The largest absolute Gasteiger partial charge is 0.315 e. The van der Waals surface area contributed by atoms with Crippen molar-refractivity contribution in [2.24, 2.45) is 11.8 Å². The quantitative estimate of drug-likeness (QED) is 0.746. The number of piperidine rings is 1. The van der Waals surface area contributed by atoms with Crippen molar-refractivity contribution < 1.29 is 0 Å². The van der Waals surface area contributed by atoms with Crippen LogP contribution in [0.5, 0.6) is 0 Å². The van der Waals surface area contributed by atoms with E-state index in [0.717, 1.165) is 24.4 Å². The maximum Gasteiger partial charge on any atom is 0.0223 e. The van der Waals surface area contributed by atoms with Crippen LogP contribution in [0.3, 0.4) is 0 Å². The summed E-state index contributed by atoms with van der Waals surface area (Å²) in [6, 6.07) is 1.42.